The number of rotatable bonds is 5. The zero-order valence-electron chi connectivity index (χ0n) is 10.8. The molecule has 0 radical (unpaired) electrons. The molecule has 102 valence electrons. The average molecular weight is 270 g/mol. The normalized spacial score (nSPS) is 10.8. The monoisotopic (exact) mass is 270 g/mol. The predicted molar refractivity (Wildman–Crippen MR) is 74.3 cm³/mol. The summed E-state index contributed by atoms with van der Waals surface area (Å²) in [6.45, 7) is 4.62. The highest BCUT2D eigenvalue weighted by Gasteiger charge is 2.16. The number of fused-ring (bicyclic) bond motifs is 1. The highest BCUT2D eigenvalue weighted by molar-refractivity contribution is 5.97. The molecule has 0 aliphatic heterocycles. The Balaban J connectivity index is 1.84. The minimum atomic E-state index is -0.172. The molecule has 0 spiro atoms. The third kappa shape index (κ3) is 2.14. The summed E-state index contributed by atoms with van der Waals surface area (Å²) in [6, 6.07) is 7.17. The summed E-state index contributed by atoms with van der Waals surface area (Å²) < 4.78 is 12.4. The molecule has 5 heteroatoms. The molecule has 0 fully saturated rings. The first kappa shape index (κ1) is 12.3. The van der Waals surface area contributed by atoms with Gasteiger partial charge in [-0.05, 0) is 12.1 Å². The molecule has 0 aliphatic carbocycles. The van der Waals surface area contributed by atoms with Crippen LogP contribution in [0.5, 0.6) is 0 Å². The summed E-state index contributed by atoms with van der Waals surface area (Å²) in [7, 11) is 0. The fourth-order valence-electron chi connectivity index (χ4n) is 2.16. The number of amides is 1. The smallest absolute Gasteiger partial charge is 0.268 e. The van der Waals surface area contributed by atoms with Crippen LogP contribution in [0.4, 0.5) is 0 Å². The molecule has 3 heterocycles. The molecule has 3 aromatic heterocycles. The van der Waals surface area contributed by atoms with E-state index >= 15 is 0 Å². The van der Waals surface area contributed by atoms with Gasteiger partial charge in [0.2, 0.25) is 0 Å². The van der Waals surface area contributed by atoms with Crippen molar-refractivity contribution < 1.29 is 13.6 Å². The maximum atomic E-state index is 12.3. The molecule has 0 aromatic carbocycles. The predicted octanol–water partition coefficient (Wildman–Crippen LogP) is 2.94. The standard InChI is InChI=1S/C15H14N2O3/c1-2-6-17-12-5-8-20-14(12)9-13(17)15(18)16-10-11-4-3-7-19-11/h2-5,7-9H,1,6,10H2,(H,16,18). The number of allylic oxidation sites excluding steroid dienone is 1. The molecular weight excluding hydrogens is 256 g/mol. The Hall–Kier alpha value is -2.69. The van der Waals surface area contributed by atoms with Crippen LogP contribution in [0.3, 0.4) is 0 Å². The van der Waals surface area contributed by atoms with Gasteiger partial charge >= 0.3 is 0 Å². The molecule has 1 amide bonds. The highest BCUT2D eigenvalue weighted by Crippen LogP contribution is 2.21. The van der Waals surface area contributed by atoms with E-state index in [1.54, 1.807) is 30.7 Å². The van der Waals surface area contributed by atoms with Crippen LogP contribution in [-0.2, 0) is 13.1 Å². The molecule has 0 saturated heterocycles. The van der Waals surface area contributed by atoms with E-state index < -0.39 is 0 Å². The second-order valence-electron chi connectivity index (χ2n) is 4.36. The Kier molecular flexibility index (Phi) is 3.16. The number of carbonyl (C=O) groups excluding carboxylic acids is 1. The Morgan fingerprint density at radius 3 is 3.00 bits per heavy atom. The van der Waals surface area contributed by atoms with Crippen molar-refractivity contribution in [2.24, 2.45) is 0 Å². The Bertz CT molecular complexity index is 734. The molecule has 3 rings (SSSR count). The van der Waals surface area contributed by atoms with Gasteiger partial charge in [-0.25, -0.2) is 0 Å². The molecule has 0 unspecified atom stereocenters. The van der Waals surface area contributed by atoms with E-state index in [4.69, 9.17) is 8.83 Å². The van der Waals surface area contributed by atoms with Crippen molar-refractivity contribution in [2.45, 2.75) is 13.1 Å². The first-order valence-corrected chi connectivity index (χ1v) is 6.28. The van der Waals surface area contributed by atoms with Gasteiger partial charge in [0.05, 0.1) is 24.6 Å². The summed E-state index contributed by atoms with van der Waals surface area (Å²) >= 11 is 0. The fraction of sp³-hybridized carbons (Fsp3) is 0.133. The van der Waals surface area contributed by atoms with Crippen molar-refractivity contribution in [2.75, 3.05) is 0 Å². The van der Waals surface area contributed by atoms with Crippen LogP contribution >= 0.6 is 0 Å². The molecule has 1 N–H and O–H groups in total. The first-order valence-electron chi connectivity index (χ1n) is 6.28. The minimum absolute atomic E-state index is 0.172. The maximum absolute atomic E-state index is 12.3. The summed E-state index contributed by atoms with van der Waals surface area (Å²) in [5.41, 5.74) is 2.12. The number of aromatic nitrogens is 1. The number of carbonyl (C=O) groups is 1. The lowest BCUT2D eigenvalue weighted by Gasteiger charge is -2.07. The third-order valence-electron chi connectivity index (χ3n) is 3.07. The van der Waals surface area contributed by atoms with Gasteiger partial charge in [-0.2, -0.15) is 0 Å². The minimum Gasteiger partial charge on any atom is -0.467 e. The molecule has 5 nitrogen and oxygen atoms in total. The fourth-order valence-corrected chi connectivity index (χ4v) is 2.16. The van der Waals surface area contributed by atoms with Crippen LogP contribution < -0.4 is 5.32 Å². The van der Waals surface area contributed by atoms with Crippen LogP contribution in [0.2, 0.25) is 0 Å². The lowest BCUT2D eigenvalue weighted by molar-refractivity contribution is 0.0939. The second kappa shape index (κ2) is 5.13. The van der Waals surface area contributed by atoms with Crippen LogP contribution in [0.15, 0.2) is 58.3 Å². The Morgan fingerprint density at radius 1 is 1.35 bits per heavy atom. The molecule has 0 saturated carbocycles. The largest absolute Gasteiger partial charge is 0.467 e. The van der Waals surface area contributed by atoms with Crippen molar-refractivity contribution in [3.8, 4) is 0 Å². The van der Waals surface area contributed by atoms with E-state index in [9.17, 15) is 4.79 Å². The molecule has 20 heavy (non-hydrogen) atoms. The summed E-state index contributed by atoms with van der Waals surface area (Å²) in [4.78, 5) is 12.3. The van der Waals surface area contributed by atoms with Crippen LogP contribution in [-0.4, -0.2) is 10.5 Å². The zero-order chi connectivity index (χ0) is 13.9. The third-order valence-corrected chi connectivity index (χ3v) is 3.07. The van der Waals surface area contributed by atoms with Gasteiger partial charge in [-0.3, -0.25) is 4.79 Å². The SMILES string of the molecule is C=CCn1c(C(=O)NCc2ccco2)cc2occc21. The number of furan rings is 2. The van der Waals surface area contributed by atoms with Crippen molar-refractivity contribution in [1.82, 2.24) is 9.88 Å². The van der Waals surface area contributed by atoms with E-state index in [1.165, 1.54) is 0 Å². The van der Waals surface area contributed by atoms with E-state index in [1.807, 2.05) is 16.7 Å². The molecular formula is C15H14N2O3. The zero-order valence-corrected chi connectivity index (χ0v) is 10.8. The maximum Gasteiger partial charge on any atom is 0.268 e. The van der Waals surface area contributed by atoms with Gasteiger partial charge in [0.15, 0.2) is 5.58 Å². The van der Waals surface area contributed by atoms with Gasteiger partial charge < -0.3 is 18.7 Å². The van der Waals surface area contributed by atoms with Gasteiger partial charge in [-0.1, -0.05) is 6.08 Å². The van der Waals surface area contributed by atoms with Crippen molar-refractivity contribution in [3.05, 3.63) is 60.9 Å². The summed E-state index contributed by atoms with van der Waals surface area (Å²) in [6.07, 6.45) is 4.93. The average Bonchev–Trinajstić information content (AvgIpc) is 3.14. The van der Waals surface area contributed by atoms with E-state index in [2.05, 4.69) is 11.9 Å². The van der Waals surface area contributed by atoms with E-state index in [0.29, 0.717) is 30.1 Å². The van der Waals surface area contributed by atoms with Gasteiger partial charge in [-0.15, -0.1) is 6.58 Å². The second-order valence-corrected chi connectivity index (χ2v) is 4.36. The lowest BCUT2D eigenvalue weighted by atomic mass is 10.3. The van der Waals surface area contributed by atoms with Crippen molar-refractivity contribution >= 4 is 17.0 Å². The summed E-state index contributed by atoms with van der Waals surface area (Å²) in [5, 5.41) is 2.82. The van der Waals surface area contributed by atoms with Crippen molar-refractivity contribution in [3.63, 3.8) is 0 Å². The molecule has 0 bridgehead atoms. The van der Waals surface area contributed by atoms with E-state index in [0.717, 1.165) is 5.52 Å². The van der Waals surface area contributed by atoms with Gasteiger partial charge in [0.1, 0.15) is 11.5 Å². The summed E-state index contributed by atoms with van der Waals surface area (Å²) in [5.74, 6) is 0.540. The Labute approximate surface area is 115 Å². The molecule has 3 aromatic rings. The topological polar surface area (TPSA) is 60.3 Å². The molecule has 0 atom stereocenters. The van der Waals surface area contributed by atoms with Crippen LogP contribution in [0, 0.1) is 0 Å². The molecule has 0 aliphatic rings. The van der Waals surface area contributed by atoms with Crippen LogP contribution in [0.25, 0.3) is 11.1 Å². The number of hydrogen-bond acceptors (Lipinski definition) is 3. The van der Waals surface area contributed by atoms with Gasteiger partial charge in [0, 0.05) is 18.7 Å². The van der Waals surface area contributed by atoms with E-state index in [-0.39, 0.29) is 5.91 Å². The number of nitrogens with one attached hydrogen (secondary N) is 1. The number of nitrogens with zero attached hydrogens (tertiary/aromatic N) is 1. The van der Waals surface area contributed by atoms with Gasteiger partial charge in [0.25, 0.3) is 5.91 Å². The Morgan fingerprint density at radius 2 is 2.25 bits per heavy atom. The van der Waals surface area contributed by atoms with Crippen molar-refractivity contribution in [1.29, 1.82) is 0 Å². The number of hydrogen-bond donors (Lipinski definition) is 1. The quantitative estimate of drug-likeness (QED) is 0.725. The lowest BCUT2D eigenvalue weighted by Crippen LogP contribution is -2.25. The van der Waals surface area contributed by atoms with Crippen LogP contribution in [0.1, 0.15) is 16.2 Å². The first-order chi connectivity index (χ1) is 9.79. The highest BCUT2D eigenvalue weighted by atomic mass is 16.3.